The first-order valence-corrected chi connectivity index (χ1v) is 14.6. The van der Waals surface area contributed by atoms with Crippen LogP contribution >= 0.6 is 23.1 Å². The van der Waals surface area contributed by atoms with Gasteiger partial charge in [0.05, 0.1) is 11.9 Å². The van der Waals surface area contributed by atoms with E-state index in [1.807, 2.05) is 0 Å². The van der Waals surface area contributed by atoms with Gasteiger partial charge in [0.2, 0.25) is 0 Å². The Morgan fingerprint density at radius 1 is 1.27 bits per heavy atom. The third-order valence-corrected chi connectivity index (χ3v) is 8.69. The van der Waals surface area contributed by atoms with E-state index in [9.17, 15) is 44.0 Å². The number of aromatic nitrogens is 3. The SMILES string of the molecule is Nc1nc(C(ON=CC(=O)N[C@H]2C(=O)N3C(C(=O)O)=C(/C=C\Cn4ccnc4)CS[C@@H]23)(C(=O)O)c2ccc(F)c(O)c2O)cs1. The Balaban J connectivity index is 1.33. The van der Waals surface area contributed by atoms with Gasteiger partial charge in [0, 0.05) is 30.1 Å². The maximum absolute atomic E-state index is 13.8. The number of thiazole rings is 1. The standard InChI is InChI=1S/C26H22FN7O9S2/c27-14-4-3-13(19(36)20(14)37)26(24(41)42,15-10-45-25(28)31-15)43-30-8-16(35)32-17-21(38)34-18(23(39)40)12(9-44-22(17)34)2-1-6-33-7-5-29-11-33/h1-5,7-8,10-11,17,22,36-37H,6,9H2,(H2,28,31)(H,32,35)(H,39,40)(H,41,42)/b2-1-,30-8?/t17-,22-,26?/m0/s1. The van der Waals surface area contributed by atoms with Gasteiger partial charge in [-0.05, 0) is 17.7 Å². The molecule has 0 bridgehead atoms. The van der Waals surface area contributed by atoms with Crippen LogP contribution in [0.3, 0.4) is 0 Å². The number of nitrogen functional groups attached to an aromatic ring is 1. The number of phenolic OH excluding ortho intramolecular Hbond substituents is 2. The zero-order chi connectivity index (χ0) is 32.5. The summed E-state index contributed by atoms with van der Waals surface area (Å²) >= 11 is 2.03. The van der Waals surface area contributed by atoms with Gasteiger partial charge in [0.1, 0.15) is 29.0 Å². The molecule has 45 heavy (non-hydrogen) atoms. The van der Waals surface area contributed by atoms with E-state index in [1.165, 1.54) is 11.8 Å². The number of hydrogen-bond acceptors (Lipinski definition) is 13. The number of rotatable bonds is 11. The van der Waals surface area contributed by atoms with Crippen LogP contribution in [0.5, 0.6) is 11.5 Å². The summed E-state index contributed by atoms with van der Waals surface area (Å²) in [6.07, 6.45) is 8.77. The van der Waals surface area contributed by atoms with Crippen LogP contribution < -0.4 is 11.1 Å². The monoisotopic (exact) mass is 659 g/mol. The van der Waals surface area contributed by atoms with E-state index in [-0.39, 0.29) is 16.6 Å². The fourth-order valence-corrected chi connectivity index (χ4v) is 6.53. The summed E-state index contributed by atoms with van der Waals surface area (Å²) in [6, 6.07) is 0.356. The number of thioether (sulfide) groups is 1. The van der Waals surface area contributed by atoms with E-state index in [0.29, 0.717) is 24.4 Å². The number of nitrogens with two attached hydrogens (primary N) is 1. The molecule has 1 aromatic carbocycles. The van der Waals surface area contributed by atoms with Gasteiger partial charge in [-0.15, -0.1) is 23.1 Å². The van der Waals surface area contributed by atoms with Crippen molar-refractivity contribution < 1.29 is 48.8 Å². The first-order chi connectivity index (χ1) is 21.5. The van der Waals surface area contributed by atoms with Crippen LogP contribution in [0.25, 0.3) is 0 Å². The van der Waals surface area contributed by atoms with Gasteiger partial charge in [-0.25, -0.2) is 23.9 Å². The van der Waals surface area contributed by atoms with Crippen LogP contribution in [0.1, 0.15) is 11.3 Å². The lowest BCUT2D eigenvalue weighted by molar-refractivity contribution is -0.162. The molecule has 234 valence electrons. The van der Waals surface area contributed by atoms with Gasteiger partial charge in [0.25, 0.3) is 11.8 Å². The summed E-state index contributed by atoms with van der Waals surface area (Å²) in [7, 11) is 0. The maximum atomic E-state index is 13.8. The molecule has 7 N–H and O–H groups in total. The number of carbonyl (C=O) groups excluding carboxylic acids is 2. The third kappa shape index (κ3) is 5.65. The summed E-state index contributed by atoms with van der Waals surface area (Å²) in [6.45, 7) is 0.430. The Labute approximate surface area is 259 Å². The Morgan fingerprint density at radius 2 is 2.04 bits per heavy atom. The summed E-state index contributed by atoms with van der Waals surface area (Å²) in [5.74, 6) is -8.33. The van der Waals surface area contributed by atoms with Crippen molar-refractivity contribution in [1.29, 1.82) is 0 Å². The number of hydrogen-bond donors (Lipinski definition) is 6. The Hall–Kier alpha value is -5.43. The molecule has 5 rings (SSSR count). The van der Waals surface area contributed by atoms with Crippen molar-refractivity contribution in [3.05, 3.63) is 76.7 Å². The summed E-state index contributed by atoms with van der Waals surface area (Å²) < 4.78 is 15.6. The van der Waals surface area contributed by atoms with Crippen molar-refractivity contribution >= 4 is 58.2 Å². The summed E-state index contributed by atoms with van der Waals surface area (Å²) in [4.78, 5) is 64.4. The number of fused-ring (bicyclic) bond motifs is 1. The van der Waals surface area contributed by atoms with Crippen molar-refractivity contribution in [2.24, 2.45) is 5.16 Å². The number of aliphatic carboxylic acids is 2. The van der Waals surface area contributed by atoms with Crippen LogP contribution in [0.2, 0.25) is 0 Å². The molecule has 1 fully saturated rings. The van der Waals surface area contributed by atoms with Crippen LogP contribution in [0, 0.1) is 5.82 Å². The van der Waals surface area contributed by atoms with Crippen molar-refractivity contribution in [2.75, 3.05) is 11.5 Å². The quantitative estimate of drug-likeness (QED) is 0.0723. The topological polar surface area (TPSA) is 243 Å². The number of anilines is 1. The predicted molar refractivity (Wildman–Crippen MR) is 155 cm³/mol. The molecule has 1 saturated heterocycles. The number of phenols is 2. The van der Waals surface area contributed by atoms with Crippen molar-refractivity contribution in [1.82, 2.24) is 24.8 Å². The van der Waals surface area contributed by atoms with Gasteiger partial charge < -0.3 is 40.9 Å². The second-order valence-electron chi connectivity index (χ2n) is 9.41. The number of oxime groups is 1. The number of carboxylic acids is 2. The second-order valence-corrected chi connectivity index (χ2v) is 11.4. The molecule has 1 unspecified atom stereocenters. The van der Waals surface area contributed by atoms with Crippen LogP contribution in [0.15, 0.2) is 64.8 Å². The lowest BCUT2D eigenvalue weighted by Gasteiger charge is -2.49. The van der Waals surface area contributed by atoms with E-state index in [0.717, 1.165) is 27.7 Å². The van der Waals surface area contributed by atoms with E-state index in [1.54, 1.807) is 35.4 Å². The van der Waals surface area contributed by atoms with Crippen molar-refractivity contribution in [2.45, 2.75) is 23.6 Å². The van der Waals surface area contributed by atoms with E-state index < -0.39 is 69.3 Å². The molecule has 3 atom stereocenters. The molecule has 3 aromatic rings. The number of benzene rings is 1. The largest absolute Gasteiger partial charge is 0.504 e. The minimum absolute atomic E-state index is 0.101. The molecule has 16 nitrogen and oxygen atoms in total. The second kappa shape index (κ2) is 12.3. The fraction of sp³-hybridized carbons (Fsp3) is 0.192. The first kappa shape index (κ1) is 31.0. The normalized spacial score (nSPS) is 19.3. The highest BCUT2D eigenvalue weighted by atomic mass is 32.2. The highest BCUT2D eigenvalue weighted by Crippen LogP contribution is 2.44. The number of nitrogens with zero attached hydrogens (tertiary/aromatic N) is 5. The van der Waals surface area contributed by atoms with Gasteiger partial charge in [-0.1, -0.05) is 17.3 Å². The average Bonchev–Trinajstić information content (AvgIpc) is 3.69. The molecule has 4 heterocycles. The fourth-order valence-electron chi connectivity index (χ4n) is 4.61. The lowest BCUT2D eigenvalue weighted by atomic mass is 9.89. The van der Waals surface area contributed by atoms with Crippen LogP contribution in [0.4, 0.5) is 9.52 Å². The highest BCUT2D eigenvalue weighted by Gasteiger charge is 2.54. The smallest absolute Gasteiger partial charge is 0.362 e. The van der Waals surface area contributed by atoms with Crippen LogP contribution in [-0.2, 0) is 36.2 Å². The predicted octanol–water partition coefficient (Wildman–Crippen LogP) is 0.798. The Bertz CT molecular complexity index is 1780. The number of halogens is 1. The zero-order valence-electron chi connectivity index (χ0n) is 22.6. The van der Waals surface area contributed by atoms with Gasteiger partial charge in [0.15, 0.2) is 22.4 Å². The molecule has 0 radical (unpaired) electrons. The minimum Gasteiger partial charge on any atom is -0.504 e. The third-order valence-electron chi connectivity index (χ3n) is 6.72. The van der Waals surface area contributed by atoms with E-state index in [4.69, 9.17) is 10.6 Å². The molecule has 0 saturated carbocycles. The Morgan fingerprint density at radius 3 is 2.69 bits per heavy atom. The van der Waals surface area contributed by atoms with Crippen molar-refractivity contribution in [3.63, 3.8) is 0 Å². The summed E-state index contributed by atoms with van der Waals surface area (Å²) in [5.41, 5.74) is 1.94. The number of imidazole rings is 1. The van der Waals surface area contributed by atoms with Gasteiger partial charge in [-0.2, -0.15) is 0 Å². The molecular weight excluding hydrogens is 637 g/mol. The van der Waals surface area contributed by atoms with Crippen molar-refractivity contribution in [3.8, 4) is 11.5 Å². The molecule has 0 spiro atoms. The molecule has 0 aliphatic carbocycles. The molecular formula is C26H22FN7O9S2. The molecule has 2 amide bonds. The average molecular weight is 660 g/mol. The number of carbonyl (C=O) groups is 4. The number of carboxylic acid groups (broad SMARTS) is 2. The van der Waals surface area contributed by atoms with E-state index >= 15 is 0 Å². The Kier molecular flexibility index (Phi) is 8.47. The van der Waals surface area contributed by atoms with Gasteiger partial charge >= 0.3 is 17.5 Å². The first-order valence-electron chi connectivity index (χ1n) is 12.7. The molecule has 2 aliphatic rings. The highest BCUT2D eigenvalue weighted by molar-refractivity contribution is 8.00. The number of aromatic hydroxyl groups is 2. The number of nitrogens with one attached hydrogen (secondary N) is 1. The molecule has 2 aromatic heterocycles. The lowest BCUT2D eigenvalue weighted by Crippen LogP contribution is -2.70. The minimum atomic E-state index is -2.80. The summed E-state index contributed by atoms with van der Waals surface area (Å²) in [5, 5.41) is 46.4. The van der Waals surface area contributed by atoms with E-state index in [2.05, 4.69) is 20.4 Å². The molecule has 2 aliphatic heterocycles. The van der Waals surface area contributed by atoms with Crippen LogP contribution in [-0.4, -0.2) is 87.0 Å². The number of allylic oxidation sites excluding steroid dienone is 2. The number of β-lactam (4-membered cyclic amide) rings is 1. The number of amides is 2. The molecule has 19 heteroatoms. The van der Waals surface area contributed by atoms with Gasteiger partial charge in [-0.3, -0.25) is 14.5 Å². The zero-order valence-corrected chi connectivity index (χ0v) is 24.2. The maximum Gasteiger partial charge on any atom is 0.362 e.